The van der Waals surface area contributed by atoms with Crippen LogP contribution in [0.25, 0.3) is 0 Å². The van der Waals surface area contributed by atoms with Crippen molar-refractivity contribution in [1.82, 2.24) is 15.5 Å². The summed E-state index contributed by atoms with van der Waals surface area (Å²) in [6, 6.07) is 7.07. The van der Waals surface area contributed by atoms with Crippen LogP contribution in [-0.4, -0.2) is 49.2 Å². The molecule has 0 aliphatic carbocycles. The van der Waals surface area contributed by atoms with Crippen LogP contribution in [-0.2, 0) is 25.7 Å². The predicted molar refractivity (Wildman–Crippen MR) is 106 cm³/mol. The number of nitrogens with one attached hydrogen (secondary N) is 3. The fourth-order valence-corrected chi connectivity index (χ4v) is 5.09. The highest BCUT2D eigenvalue weighted by Crippen LogP contribution is 2.32. The lowest BCUT2D eigenvalue weighted by atomic mass is 10.1. The highest BCUT2D eigenvalue weighted by atomic mass is 32.2. The molecule has 0 bridgehead atoms. The summed E-state index contributed by atoms with van der Waals surface area (Å²) in [7, 11) is -3.13. The van der Waals surface area contributed by atoms with Gasteiger partial charge in [-0.2, -0.15) is 5.10 Å². The number of aromatic amines is 1. The van der Waals surface area contributed by atoms with Gasteiger partial charge in [-0.25, -0.2) is 13.2 Å². The van der Waals surface area contributed by atoms with Crippen molar-refractivity contribution in [3.63, 3.8) is 0 Å². The van der Waals surface area contributed by atoms with E-state index in [-0.39, 0.29) is 24.0 Å². The van der Waals surface area contributed by atoms with E-state index in [1.54, 1.807) is 12.1 Å². The van der Waals surface area contributed by atoms with Crippen LogP contribution in [0, 0.1) is 0 Å². The van der Waals surface area contributed by atoms with E-state index < -0.39 is 15.9 Å². The maximum atomic E-state index is 11.9. The Morgan fingerprint density at radius 1 is 1.34 bits per heavy atom. The number of carbonyl (C=O) groups excluding carboxylic acids is 1. The molecule has 2 aromatic rings. The first-order valence-corrected chi connectivity index (χ1v) is 11.2. The van der Waals surface area contributed by atoms with Crippen LogP contribution < -0.4 is 10.6 Å². The van der Waals surface area contributed by atoms with Crippen LogP contribution in [0.5, 0.6) is 0 Å². The molecule has 10 heteroatoms. The Balaban J connectivity index is 1.37. The summed E-state index contributed by atoms with van der Waals surface area (Å²) in [4.78, 5) is 12.1. The molecule has 1 aromatic carbocycles. The van der Waals surface area contributed by atoms with Gasteiger partial charge in [-0.3, -0.25) is 5.10 Å². The minimum Gasteiger partial charge on any atom is -0.444 e. The van der Waals surface area contributed by atoms with Crippen molar-refractivity contribution in [2.24, 2.45) is 0 Å². The molecule has 0 spiro atoms. The van der Waals surface area contributed by atoms with E-state index in [0.717, 1.165) is 16.9 Å². The standard InChI is InChI=1S/C19H24N4O5S/c1-11(2)20-19(24)28-14-8-16(27-10-14)15-9-18(23-22-15)21-13-3-4-17-12(7-13)5-6-29(17,25)26/h3-4,7,9,11,14,16H,5-6,8,10H2,1-2H3,(H,20,24)(H2,21,22,23)/t14-,16?/m0/s1. The van der Waals surface area contributed by atoms with Gasteiger partial charge in [0.15, 0.2) is 15.7 Å². The fraction of sp³-hybridized carbons (Fsp3) is 0.474. The third-order valence-corrected chi connectivity index (χ3v) is 6.70. The Kier molecular flexibility index (Phi) is 5.22. The van der Waals surface area contributed by atoms with E-state index in [4.69, 9.17) is 9.47 Å². The number of sulfone groups is 1. The molecular weight excluding hydrogens is 396 g/mol. The van der Waals surface area contributed by atoms with Gasteiger partial charge in [-0.1, -0.05) is 0 Å². The molecule has 1 saturated heterocycles. The van der Waals surface area contributed by atoms with E-state index in [9.17, 15) is 13.2 Å². The van der Waals surface area contributed by atoms with Gasteiger partial charge in [0, 0.05) is 24.2 Å². The minimum absolute atomic E-state index is 0.0150. The van der Waals surface area contributed by atoms with Crippen molar-refractivity contribution in [2.75, 3.05) is 17.7 Å². The third kappa shape index (κ3) is 4.38. The zero-order valence-corrected chi connectivity index (χ0v) is 17.1. The number of hydrogen-bond donors (Lipinski definition) is 3. The molecule has 2 atom stereocenters. The smallest absolute Gasteiger partial charge is 0.407 e. The molecule has 0 saturated carbocycles. The average molecular weight is 420 g/mol. The molecule has 3 N–H and O–H groups in total. The van der Waals surface area contributed by atoms with E-state index in [1.807, 2.05) is 26.0 Å². The number of carbonyl (C=O) groups is 1. The van der Waals surface area contributed by atoms with Crippen molar-refractivity contribution in [3.05, 3.63) is 35.5 Å². The summed E-state index contributed by atoms with van der Waals surface area (Å²) < 4.78 is 35.0. The Bertz CT molecular complexity index is 1020. The van der Waals surface area contributed by atoms with Gasteiger partial charge in [0.05, 0.1) is 22.9 Å². The van der Waals surface area contributed by atoms with Crippen LogP contribution >= 0.6 is 0 Å². The Morgan fingerprint density at radius 3 is 2.97 bits per heavy atom. The number of aryl methyl sites for hydroxylation is 1. The Hall–Kier alpha value is -2.59. The second kappa shape index (κ2) is 7.68. The zero-order valence-electron chi connectivity index (χ0n) is 16.3. The Labute approximate surface area is 169 Å². The van der Waals surface area contributed by atoms with Crippen molar-refractivity contribution < 1.29 is 22.7 Å². The van der Waals surface area contributed by atoms with Crippen LogP contribution in [0.15, 0.2) is 29.2 Å². The Morgan fingerprint density at radius 2 is 2.17 bits per heavy atom. The molecule has 1 amide bonds. The first-order valence-electron chi connectivity index (χ1n) is 9.57. The number of hydrogen-bond acceptors (Lipinski definition) is 7. The SMILES string of the molecule is CC(C)NC(=O)O[C@@H]1COC(c2cc(Nc3ccc4c(c3)CCS4(=O)=O)n[nH]2)C1. The van der Waals surface area contributed by atoms with Gasteiger partial charge in [0.25, 0.3) is 0 Å². The van der Waals surface area contributed by atoms with Crippen molar-refractivity contribution in [2.45, 2.75) is 49.8 Å². The summed E-state index contributed by atoms with van der Waals surface area (Å²) in [6.45, 7) is 4.07. The molecule has 3 heterocycles. The molecule has 29 heavy (non-hydrogen) atoms. The topological polar surface area (TPSA) is 122 Å². The normalized spacial score (nSPS) is 22.4. The second-order valence-corrected chi connectivity index (χ2v) is 9.69. The van der Waals surface area contributed by atoms with E-state index >= 15 is 0 Å². The molecule has 9 nitrogen and oxygen atoms in total. The van der Waals surface area contributed by atoms with E-state index in [1.165, 1.54) is 0 Å². The number of H-pyrrole nitrogens is 1. The van der Waals surface area contributed by atoms with Gasteiger partial charge in [-0.15, -0.1) is 0 Å². The van der Waals surface area contributed by atoms with Gasteiger partial charge in [-0.05, 0) is 44.0 Å². The molecular formula is C19H24N4O5S. The molecule has 1 fully saturated rings. The van der Waals surface area contributed by atoms with Crippen molar-refractivity contribution in [3.8, 4) is 0 Å². The van der Waals surface area contributed by atoms with Crippen molar-refractivity contribution in [1.29, 1.82) is 0 Å². The summed E-state index contributed by atoms with van der Waals surface area (Å²) >= 11 is 0. The highest BCUT2D eigenvalue weighted by Gasteiger charge is 2.31. The van der Waals surface area contributed by atoms with Gasteiger partial charge < -0.3 is 20.1 Å². The van der Waals surface area contributed by atoms with Crippen molar-refractivity contribution >= 4 is 27.4 Å². The summed E-state index contributed by atoms with van der Waals surface area (Å²) in [5, 5.41) is 13.1. The molecule has 1 unspecified atom stereocenters. The minimum atomic E-state index is -3.13. The fourth-order valence-electron chi connectivity index (χ4n) is 3.54. The summed E-state index contributed by atoms with van der Waals surface area (Å²) in [5.74, 6) is 0.766. The van der Waals surface area contributed by atoms with Gasteiger partial charge in [0.2, 0.25) is 0 Å². The maximum Gasteiger partial charge on any atom is 0.407 e. The number of ether oxygens (including phenoxy) is 2. The lowest BCUT2D eigenvalue weighted by Crippen LogP contribution is -2.33. The molecule has 1 aromatic heterocycles. The van der Waals surface area contributed by atoms with E-state index in [0.29, 0.717) is 30.2 Å². The molecule has 2 aliphatic rings. The number of aromatic nitrogens is 2. The monoisotopic (exact) mass is 420 g/mol. The zero-order chi connectivity index (χ0) is 20.6. The number of nitrogens with zero attached hydrogens (tertiary/aromatic N) is 1. The number of anilines is 2. The lowest BCUT2D eigenvalue weighted by molar-refractivity contribution is 0.0682. The van der Waals surface area contributed by atoms with E-state index in [2.05, 4.69) is 20.8 Å². The molecule has 2 aliphatic heterocycles. The summed E-state index contributed by atoms with van der Waals surface area (Å²) in [5.41, 5.74) is 2.38. The first kappa shape index (κ1) is 19.7. The van der Waals surface area contributed by atoms with Crippen LogP contribution in [0.2, 0.25) is 0 Å². The average Bonchev–Trinajstić information content (AvgIpc) is 3.34. The number of rotatable bonds is 5. The van der Waals surface area contributed by atoms with Crippen LogP contribution in [0.1, 0.15) is 37.6 Å². The molecule has 156 valence electrons. The van der Waals surface area contributed by atoms with Crippen LogP contribution in [0.4, 0.5) is 16.3 Å². The van der Waals surface area contributed by atoms with Gasteiger partial charge in [0.1, 0.15) is 12.2 Å². The second-order valence-electron chi connectivity index (χ2n) is 7.61. The molecule has 4 rings (SSSR count). The quantitative estimate of drug-likeness (QED) is 0.679. The lowest BCUT2D eigenvalue weighted by Gasteiger charge is -2.13. The summed E-state index contributed by atoms with van der Waals surface area (Å²) in [6.07, 6.45) is 0.0851. The number of fused-ring (bicyclic) bond motifs is 1. The maximum absolute atomic E-state index is 11.9. The van der Waals surface area contributed by atoms with Crippen LogP contribution in [0.3, 0.4) is 0 Å². The molecule has 0 radical (unpaired) electrons. The highest BCUT2D eigenvalue weighted by molar-refractivity contribution is 7.91. The van der Waals surface area contributed by atoms with Gasteiger partial charge >= 0.3 is 6.09 Å². The number of amides is 1. The third-order valence-electron chi connectivity index (χ3n) is 4.89. The largest absolute Gasteiger partial charge is 0.444 e. The number of benzene rings is 1. The number of alkyl carbamates (subject to hydrolysis) is 1. The predicted octanol–water partition coefficient (Wildman–Crippen LogP) is 2.45. The first-order chi connectivity index (χ1) is 13.8.